The van der Waals surface area contributed by atoms with Crippen LogP contribution in [0, 0.1) is 0 Å². The lowest BCUT2D eigenvalue weighted by molar-refractivity contribution is 0.175. The molecule has 6 aromatic rings. The molecule has 0 aliphatic carbocycles. The van der Waals surface area contributed by atoms with Gasteiger partial charge in [-0.1, -0.05) is 47.5 Å². The molecule has 0 amide bonds. The molecule has 0 saturated carbocycles. The minimum absolute atomic E-state index is 0.393. The van der Waals surface area contributed by atoms with E-state index in [-0.39, 0.29) is 0 Å². The van der Waals surface area contributed by atoms with Gasteiger partial charge in [0.1, 0.15) is 11.5 Å². The van der Waals surface area contributed by atoms with Gasteiger partial charge >= 0.3 is 0 Å². The van der Waals surface area contributed by atoms with Crippen LogP contribution in [0.25, 0.3) is 21.8 Å². The lowest BCUT2D eigenvalue weighted by atomic mass is 10.0. The second-order valence-corrected chi connectivity index (χ2v) is 13.9. The number of piperidine rings is 2. The Balaban J connectivity index is 0.886. The third kappa shape index (κ3) is 6.76. The molecule has 47 heavy (non-hydrogen) atoms. The van der Waals surface area contributed by atoms with Crippen LogP contribution in [0.15, 0.2) is 97.3 Å². The second kappa shape index (κ2) is 13.3. The highest BCUT2D eigenvalue weighted by Gasteiger charge is 2.24. The van der Waals surface area contributed by atoms with Gasteiger partial charge in [-0.25, -0.2) is 0 Å². The van der Waals surface area contributed by atoms with Crippen molar-refractivity contribution in [2.75, 3.05) is 26.2 Å². The smallest absolute Gasteiger partial charge is 0.128 e. The van der Waals surface area contributed by atoms with E-state index in [1.807, 2.05) is 36.7 Å². The molecular weight excluding hydrogens is 627 g/mol. The van der Waals surface area contributed by atoms with Gasteiger partial charge < -0.3 is 4.74 Å². The highest BCUT2D eigenvalue weighted by Crippen LogP contribution is 2.33. The van der Waals surface area contributed by atoms with Crippen LogP contribution in [0.3, 0.4) is 0 Å². The number of ether oxygens (including phenoxy) is 1. The predicted octanol–water partition coefficient (Wildman–Crippen LogP) is 9.16. The van der Waals surface area contributed by atoms with Gasteiger partial charge in [-0.3, -0.25) is 19.2 Å². The average molecular weight is 666 g/mol. The molecule has 7 nitrogen and oxygen atoms in total. The van der Waals surface area contributed by atoms with Gasteiger partial charge in [0.2, 0.25) is 0 Å². The van der Waals surface area contributed by atoms with E-state index in [0.29, 0.717) is 12.1 Å². The molecule has 2 aliphatic rings. The number of nitrogens with zero attached hydrogens (tertiary/aromatic N) is 6. The Morgan fingerprint density at radius 1 is 0.574 bits per heavy atom. The van der Waals surface area contributed by atoms with Crippen molar-refractivity contribution in [1.29, 1.82) is 0 Å². The van der Waals surface area contributed by atoms with Crippen LogP contribution in [-0.4, -0.2) is 55.5 Å². The monoisotopic (exact) mass is 664 g/mol. The molecule has 2 aromatic heterocycles. The molecule has 0 N–H and O–H groups in total. The quantitative estimate of drug-likeness (QED) is 0.162. The summed E-state index contributed by atoms with van der Waals surface area (Å²) < 4.78 is 10.8. The van der Waals surface area contributed by atoms with Crippen molar-refractivity contribution in [1.82, 2.24) is 29.4 Å². The molecule has 4 aromatic carbocycles. The van der Waals surface area contributed by atoms with Gasteiger partial charge in [0.05, 0.1) is 35.5 Å². The summed E-state index contributed by atoms with van der Waals surface area (Å²) in [5, 5.41) is 13.4. The molecule has 2 saturated heterocycles. The van der Waals surface area contributed by atoms with Crippen LogP contribution in [0.2, 0.25) is 10.0 Å². The number of aromatic nitrogens is 4. The van der Waals surface area contributed by atoms with E-state index >= 15 is 0 Å². The molecule has 2 fully saturated rings. The highest BCUT2D eigenvalue weighted by molar-refractivity contribution is 6.30. The van der Waals surface area contributed by atoms with E-state index in [1.165, 1.54) is 11.1 Å². The summed E-state index contributed by atoms with van der Waals surface area (Å²) in [7, 11) is 0. The standard InChI is InChI=1S/C38H38Cl2N6O/c39-31-5-1-3-27(19-31)25-43-15-11-33(12-16-43)45-37-9-7-35(21-29(37)23-41-45)47-36-8-10-38-30(22-36)24-42-46(38)34-13-17-44(18-14-34)26-28-4-2-6-32(40)20-28/h1-10,19-24,33-34H,11-18,25-26H2. The fraction of sp³-hybridized carbons (Fsp3) is 0.316. The first-order chi connectivity index (χ1) is 23.0. The molecule has 0 spiro atoms. The lowest BCUT2D eigenvalue weighted by Gasteiger charge is -2.32. The molecule has 240 valence electrons. The number of likely N-dealkylation sites (tertiary alicyclic amines) is 2. The van der Waals surface area contributed by atoms with E-state index in [4.69, 9.17) is 38.1 Å². The Labute approximate surface area is 285 Å². The first-order valence-corrected chi connectivity index (χ1v) is 17.4. The van der Waals surface area contributed by atoms with E-state index in [2.05, 4.69) is 79.8 Å². The molecule has 0 radical (unpaired) electrons. The Morgan fingerprint density at radius 2 is 1.02 bits per heavy atom. The van der Waals surface area contributed by atoms with Crippen LogP contribution >= 0.6 is 23.2 Å². The number of hydrogen-bond acceptors (Lipinski definition) is 5. The number of halogens is 2. The summed E-state index contributed by atoms with van der Waals surface area (Å²) in [4.78, 5) is 5.01. The van der Waals surface area contributed by atoms with Crippen LogP contribution < -0.4 is 4.74 Å². The van der Waals surface area contributed by atoms with Gasteiger partial charge in [-0.15, -0.1) is 0 Å². The number of hydrogen-bond donors (Lipinski definition) is 0. The van der Waals surface area contributed by atoms with Crippen molar-refractivity contribution in [2.45, 2.75) is 50.9 Å². The number of rotatable bonds is 8. The van der Waals surface area contributed by atoms with Crippen molar-refractivity contribution in [3.63, 3.8) is 0 Å². The highest BCUT2D eigenvalue weighted by atomic mass is 35.5. The molecular formula is C38H38Cl2N6O. The maximum Gasteiger partial charge on any atom is 0.128 e. The Bertz CT molecular complexity index is 1860. The van der Waals surface area contributed by atoms with Crippen LogP contribution in [0.5, 0.6) is 11.5 Å². The first-order valence-electron chi connectivity index (χ1n) is 16.6. The zero-order valence-electron chi connectivity index (χ0n) is 26.3. The molecule has 9 heteroatoms. The van der Waals surface area contributed by atoms with Gasteiger partial charge in [-0.2, -0.15) is 10.2 Å². The number of benzene rings is 4. The number of fused-ring (bicyclic) bond motifs is 2. The van der Waals surface area contributed by atoms with E-state index in [1.54, 1.807) is 0 Å². The summed E-state index contributed by atoms with van der Waals surface area (Å²) in [6.45, 7) is 6.05. The largest absolute Gasteiger partial charge is 0.457 e. The molecule has 2 aliphatic heterocycles. The second-order valence-electron chi connectivity index (χ2n) is 13.0. The summed E-state index contributed by atoms with van der Waals surface area (Å²) in [5.41, 5.74) is 4.84. The first kappa shape index (κ1) is 30.5. The van der Waals surface area contributed by atoms with E-state index in [9.17, 15) is 0 Å². The third-order valence-electron chi connectivity index (χ3n) is 9.77. The van der Waals surface area contributed by atoms with Crippen LogP contribution in [-0.2, 0) is 13.1 Å². The summed E-state index contributed by atoms with van der Waals surface area (Å²) >= 11 is 12.4. The topological polar surface area (TPSA) is 51.4 Å². The van der Waals surface area contributed by atoms with Gasteiger partial charge in [0.25, 0.3) is 0 Å². The molecule has 0 bridgehead atoms. The fourth-order valence-electron chi connectivity index (χ4n) is 7.34. The SMILES string of the molecule is Clc1cccc(CN2CCC(n3ncc4cc(Oc5ccc6c(cnn6C6CCN(Cc7cccc(Cl)c7)CC6)c5)ccc43)CC2)c1. The Hall–Kier alpha value is -3.88. The molecule has 0 unspecified atom stereocenters. The molecule has 8 rings (SSSR count). The lowest BCUT2D eigenvalue weighted by Crippen LogP contribution is -2.34. The van der Waals surface area contributed by atoms with E-state index in [0.717, 1.165) is 108 Å². The normalized spacial score (nSPS) is 17.1. The van der Waals surface area contributed by atoms with Crippen molar-refractivity contribution >= 4 is 45.0 Å². The predicted molar refractivity (Wildman–Crippen MR) is 190 cm³/mol. The van der Waals surface area contributed by atoms with Crippen LogP contribution in [0.1, 0.15) is 48.9 Å². The zero-order chi connectivity index (χ0) is 31.7. The minimum Gasteiger partial charge on any atom is -0.457 e. The maximum absolute atomic E-state index is 6.36. The van der Waals surface area contributed by atoms with Gasteiger partial charge in [0.15, 0.2) is 0 Å². The maximum atomic E-state index is 6.36. The third-order valence-corrected chi connectivity index (χ3v) is 10.2. The van der Waals surface area contributed by atoms with E-state index < -0.39 is 0 Å². The zero-order valence-corrected chi connectivity index (χ0v) is 27.8. The summed E-state index contributed by atoms with van der Waals surface area (Å²) in [5.74, 6) is 1.62. The van der Waals surface area contributed by atoms with Crippen molar-refractivity contribution < 1.29 is 4.74 Å². The van der Waals surface area contributed by atoms with Crippen molar-refractivity contribution in [3.8, 4) is 11.5 Å². The Morgan fingerprint density at radius 3 is 1.45 bits per heavy atom. The Kier molecular flexibility index (Phi) is 8.63. The summed E-state index contributed by atoms with van der Waals surface area (Å²) in [6.07, 6.45) is 8.23. The fourth-order valence-corrected chi connectivity index (χ4v) is 7.76. The van der Waals surface area contributed by atoms with Gasteiger partial charge in [0, 0.05) is 60.1 Å². The molecule has 0 atom stereocenters. The minimum atomic E-state index is 0.393. The molecule has 4 heterocycles. The summed E-state index contributed by atoms with van der Waals surface area (Å²) in [6, 6.07) is 29.7. The average Bonchev–Trinajstić information content (AvgIpc) is 3.70. The van der Waals surface area contributed by atoms with Crippen molar-refractivity contribution in [3.05, 3.63) is 118 Å². The van der Waals surface area contributed by atoms with Crippen LogP contribution in [0.4, 0.5) is 0 Å². The van der Waals surface area contributed by atoms with Crippen molar-refractivity contribution in [2.24, 2.45) is 0 Å². The van der Waals surface area contributed by atoms with Gasteiger partial charge in [-0.05, 0) is 97.5 Å².